The van der Waals surface area contributed by atoms with E-state index >= 15 is 0 Å². The molecular formula is C14H12F2N2O2S. The maximum atomic E-state index is 13.9. The maximum absolute atomic E-state index is 13.9. The molecule has 1 aliphatic rings. The number of aliphatic carboxylic acids is 1. The number of hydrogen-bond donors (Lipinski definition) is 1. The third-order valence-corrected chi connectivity index (χ3v) is 4.52. The molecule has 1 saturated heterocycles. The van der Waals surface area contributed by atoms with Crippen molar-refractivity contribution in [2.24, 2.45) is 5.92 Å². The smallest absolute Gasteiger partial charge is 0.308 e. The molecule has 1 fully saturated rings. The molecular weight excluding hydrogens is 298 g/mol. The van der Waals surface area contributed by atoms with Gasteiger partial charge in [0, 0.05) is 36.7 Å². The van der Waals surface area contributed by atoms with Crippen molar-refractivity contribution in [2.45, 2.75) is 5.92 Å². The van der Waals surface area contributed by atoms with E-state index in [0.29, 0.717) is 11.7 Å². The number of rotatable bonds is 3. The van der Waals surface area contributed by atoms with Gasteiger partial charge in [0.05, 0.1) is 5.92 Å². The summed E-state index contributed by atoms with van der Waals surface area (Å²) >= 11 is 1.41. The number of carboxylic acids is 1. The number of hydrogen-bond acceptors (Lipinski definition) is 4. The molecule has 1 aromatic carbocycles. The van der Waals surface area contributed by atoms with Gasteiger partial charge in [-0.25, -0.2) is 13.8 Å². The van der Waals surface area contributed by atoms with Crippen LogP contribution in [0.4, 0.5) is 13.9 Å². The second kappa shape index (κ2) is 5.40. The summed E-state index contributed by atoms with van der Waals surface area (Å²) in [5.74, 6) is -3.62. The largest absolute Gasteiger partial charge is 0.481 e. The van der Waals surface area contributed by atoms with Crippen LogP contribution in [0.3, 0.4) is 0 Å². The number of carbonyl (C=O) groups is 1. The van der Waals surface area contributed by atoms with E-state index in [2.05, 4.69) is 4.98 Å². The zero-order chi connectivity index (χ0) is 15.0. The lowest BCUT2D eigenvalue weighted by Gasteiger charge is -2.16. The van der Waals surface area contributed by atoms with Crippen LogP contribution < -0.4 is 4.90 Å². The van der Waals surface area contributed by atoms with Gasteiger partial charge < -0.3 is 10.0 Å². The summed E-state index contributed by atoms with van der Waals surface area (Å²) < 4.78 is 27.0. The zero-order valence-electron chi connectivity index (χ0n) is 10.9. The standard InChI is InChI=1S/C14H12F2N2O2S/c15-8-1-2-9(12(16)5-8)10-6-18(7-11(10)13(19)20)14-17-3-4-21-14/h1-5,10-11H,6-7H2,(H,19,20)/t10-,11+/m0/s1. The van der Waals surface area contributed by atoms with Crippen molar-refractivity contribution in [2.75, 3.05) is 18.0 Å². The van der Waals surface area contributed by atoms with E-state index in [-0.39, 0.29) is 12.1 Å². The average molecular weight is 310 g/mol. The number of carboxylic acid groups (broad SMARTS) is 1. The second-order valence-corrected chi connectivity index (χ2v) is 5.81. The normalized spacial score (nSPS) is 21.7. The van der Waals surface area contributed by atoms with Gasteiger partial charge in [0.1, 0.15) is 11.6 Å². The minimum Gasteiger partial charge on any atom is -0.481 e. The van der Waals surface area contributed by atoms with Gasteiger partial charge in [-0.15, -0.1) is 11.3 Å². The summed E-state index contributed by atoms with van der Waals surface area (Å²) in [6.07, 6.45) is 1.64. The molecule has 1 N–H and O–H groups in total. The van der Waals surface area contributed by atoms with Crippen molar-refractivity contribution in [3.63, 3.8) is 0 Å². The Morgan fingerprint density at radius 1 is 1.38 bits per heavy atom. The molecule has 4 nitrogen and oxygen atoms in total. The third-order valence-electron chi connectivity index (χ3n) is 3.69. The Morgan fingerprint density at radius 2 is 2.19 bits per heavy atom. The Labute approximate surface area is 123 Å². The Balaban J connectivity index is 1.93. The summed E-state index contributed by atoms with van der Waals surface area (Å²) in [5.41, 5.74) is 0.239. The van der Waals surface area contributed by atoms with Crippen LogP contribution in [-0.4, -0.2) is 29.1 Å². The molecule has 2 atom stereocenters. The van der Waals surface area contributed by atoms with E-state index in [9.17, 15) is 18.7 Å². The van der Waals surface area contributed by atoms with Gasteiger partial charge in [0.2, 0.25) is 0 Å². The quantitative estimate of drug-likeness (QED) is 0.947. The zero-order valence-corrected chi connectivity index (χ0v) is 11.7. The lowest BCUT2D eigenvalue weighted by atomic mass is 9.88. The minimum atomic E-state index is -0.984. The van der Waals surface area contributed by atoms with Gasteiger partial charge in [-0.3, -0.25) is 4.79 Å². The van der Waals surface area contributed by atoms with Crippen molar-refractivity contribution >= 4 is 22.4 Å². The van der Waals surface area contributed by atoms with Crippen molar-refractivity contribution in [3.8, 4) is 0 Å². The summed E-state index contributed by atoms with van der Waals surface area (Å²) in [6.45, 7) is 0.622. The Bertz CT molecular complexity index is 663. The van der Waals surface area contributed by atoms with Crippen molar-refractivity contribution in [1.82, 2.24) is 4.98 Å². The number of benzene rings is 1. The van der Waals surface area contributed by atoms with Crippen LogP contribution in [0, 0.1) is 17.6 Å². The maximum Gasteiger partial charge on any atom is 0.308 e. The van der Waals surface area contributed by atoms with E-state index in [1.807, 2.05) is 4.90 Å². The summed E-state index contributed by atoms with van der Waals surface area (Å²) in [6, 6.07) is 3.28. The second-order valence-electron chi connectivity index (χ2n) is 4.94. The van der Waals surface area contributed by atoms with Crippen LogP contribution in [0.2, 0.25) is 0 Å². The SMILES string of the molecule is O=C(O)[C@@H]1CN(c2nccs2)C[C@H]1c1ccc(F)cc1F. The first kappa shape index (κ1) is 13.9. The van der Waals surface area contributed by atoms with Crippen LogP contribution in [-0.2, 0) is 4.79 Å². The van der Waals surface area contributed by atoms with E-state index in [1.54, 1.807) is 11.6 Å². The molecule has 2 aromatic rings. The molecule has 21 heavy (non-hydrogen) atoms. The van der Waals surface area contributed by atoms with Gasteiger partial charge in [0.25, 0.3) is 0 Å². The van der Waals surface area contributed by atoms with Crippen LogP contribution in [0.5, 0.6) is 0 Å². The monoisotopic (exact) mass is 310 g/mol. The highest BCUT2D eigenvalue weighted by Crippen LogP contribution is 2.37. The lowest BCUT2D eigenvalue weighted by Crippen LogP contribution is -2.23. The first-order valence-electron chi connectivity index (χ1n) is 6.38. The van der Waals surface area contributed by atoms with Crippen molar-refractivity contribution in [3.05, 3.63) is 47.0 Å². The van der Waals surface area contributed by atoms with E-state index in [0.717, 1.165) is 12.1 Å². The molecule has 0 saturated carbocycles. The molecule has 1 aromatic heterocycles. The van der Waals surface area contributed by atoms with Gasteiger partial charge >= 0.3 is 5.97 Å². The molecule has 0 aliphatic carbocycles. The van der Waals surface area contributed by atoms with Gasteiger partial charge in [-0.05, 0) is 11.6 Å². The fourth-order valence-corrected chi connectivity index (χ4v) is 3.36. The highest BCUT2D eigenvalue weighted by atomic mass is 32.1. The molecule has 7 heteroatoms. The Morgan fingerprint density at radius 3 is 2.81 bits per heavy atom. The predicted octanol–water partition coefficient (Wildman–Crippen LogP) is 2.73. The van der Waals surface area contributed by atoms with E-state index in [1.165, 1.54) is 17.4 Å². The van der Waals surface area contributed by atoms with E-state index in [4.69, 9.17) is 0 Å². The molecule has 0 radical (unpaired) electrons. The first-order valence-corrected chi connectivity index (χ1v) is 7.26. The van der Waals surface area contributed by atoms with Crippen LogP contribution in [0.1, 0.15) is 11.5 Å². The summed E-state index contributed by atoms with van der Waals surface area (Å²) in [5, 5.41) is 11.9. The van der Waals surface area contributed by atoms with Gasteiger partial charge in [0.15, 0.2) is 5.13 Å². The Kier molecular flexibility index (Phi) is 3.59. The Hall–Kier alpha value is -2.02. The topological polar surface area (TPSA) is 53.4 Å². The van der Waals surface area contributed by atoms with Gasteiger partial charge in [-0.2, -0.15) is 0 Å². The molecule has 0 amide bonds. The summed E-state index contributed by atoms with van der Waals surface area (Å²) in [7, 11) is 0. The number of anilines is 1. The fourth-order valence-electron chi connectivity index (χ4n) is 2.70. The van der Waals surface area contributed by atoms with Crippen LogP contribution in [0.25, 0.3) is 0 Å². The van der Waals surface area contributed by atoms with Crippen molar-refractivity contribution in [1.29, 1.82) is 0 Å². The minimum absolute atomic E-state index is 0.239. The molecule has 0 unspecified atom stereocenters. The number of aromatic nitrogens is 1. The number of halogens is 2. The predicted molar refractivity (Wildman–Crippen MR) is 74.6 cm³/mol. The molecule has 3 rings (SSSR count). The third kappa shape index (κ3) is 2.61. The number of thiazole rings is 1. The molecule has 110 valence electrons. The van der Waals surface area contributed by atoms with E-state index < -0.39 is 29.4 Å². The average Bonchev–Trinajstić information content (AvgIpc) is 3.07. The highest BCUT2D eigenvalue weighted by molar-refractivity contribution is 7.13. The van der Waals surface area contributed by atoms with Crippen molar-refractivity contribution < 1.29 is 18.7 Å². The van der Waals surface area contributed by atoms with Gasteiger partial charge in [-0.1, -0.05) is 6.07 Å². The fraction of sp³-hybridized carbons (Fsp3) is 0.286. The molecule has 1 aliphatic heterocycles. The molecule has 2 heterocycles. The lowest BCUT2D eigenvalue weighted by molar-refractivity contribution is -0.141. The number of nitrogens with zero attached hydrogens (tertiary/aromatic N) is 2. The summed E-state index contributed by atoms with van der Waals surface area (Å²) in [4.78, 5) is 17.4. The highest BCUT2D eigenvalue weighted by Gasteiger charge is 2.40. The van der Waals surface area contributed by atoms with Crippen LogP contribution >= 0.6 is 11.3 Å². The van der Waals surface area contributed by atoms with Crippen LogP contribution in [0.15, 0.2) is 29.8 Å². The first-order chi connectivity index (χ1) is 10.1. The molecule has 0 bridgehead atoms. The molecule has 0 spiro atoms.